The Morgan fingerprint density at radius 3 is 2.48 bits per heavy atom. The first-order valence-electron chi connectivity index (χ1n) is 8.64. The van der Waals surface area contributed by atoms with Crippen LogP contribution in [0.4, 0.5) is 0 Å². The minimum absolute atomic E-state index is 0.226. The molecule has 1 unspecified atom stereocenters. The van der Waals surface area contributed by atoms with Crippen molar-refractivity contribution in [3.63, 3.8) is 0 Å². The average molecular weight is 363 g/mol. The van der Waals surface area contributed by atoms with Gasteiger partial charge in [0.15, 0.2) is 6.10 Å². The Balaban J connectivity index is 1.69. The van der Waals surface area contributed by atoms with Gasteiger partial charge in [-0.3, -0.25) is 4.79 Å². The van der Waals surface area contributed by atoms with E-state index >= 15 is 0 Å². The van der Waals surface area contributed by atoms with Crippen LogP contribution < -0.4 is 4.74 Å². The number of esters is 1. The zero-order valence-electron chi connectivity index (χ0n) is 15.5. The highest BCUT2D eigenvalue weighted by atomic mass is 16.5. The molecule has 1 N–H and O–H groups in total. The van der Waals surface area contributed by atoms with Crippen molar-refractivity contribution in [3.8, 4) is 5.75 Å². The maximum absolute atomic E-state index is 12.8. The molecule has 0 aliphatic heterocycles. The molecule has 138 valence electrons. The molecule has 0 fully saturated rings. The molecule has 0 saturated heterocycles. The summed E-state index contributed by atoms with van der Waals surface area (Å²) < 4.78 is 10.4. The molecule has 5 nitrogen and oxygen atoms in total. The Bertz CT molecular complexity index is 999. The molecule has 0 aliphatic carbocycles. The predicted octanol–water partition coefficient (Wildman–Crippen LogP) is 4.31. The second-order valence-corrected chi connectivity index (χ2v) is 6.22. The first-order valence-corrected chi connectivity index (χ1v) is 8.64. The number of benzene rings is 2. The van der Waals surface area contributed by atoms with Crippen molar-refractivity contribution in [3.05, 3.63) is 71.4 Å². The number of Topliss-reactive ketones (excluding diaryl/α,β-unsaturated/α-hetero) is 1. The highest BCUT2D eigenvalue weighted by molar-refractivity contribution is 6.11. The fourth-order valence-electron chi connectivity index (χ4n) is 2.94. The van der Waals surface area contributed by atoms with Gasteiger partial charge in [0, 0.05) is 28.2 Å². The van der Waals surface area contributed by atoms with Crippen LogP contribution in [0.1, 0.15) is 28.5 Å². The summed E-state index contributed by atoms with van der Waals surface area (Å²) >= 11 is 0. The van der Waals surface area contributed by atoms with E-state index in [2.05, 4.69) is 4.98 Å². The first-order chi connectivity index (χ1) is 13.0. The van der Waals surface area contributed by atoms with Crippen LogP contribution in [0, 0.1) is 6.92 Å². The van der Waals surface area contributed by atoms with Crippen molar-refractivity contribution >= 4 is 28.7 Å². The van der Waals surface area contributed by atoms with Gasteiger partial charge in [-0.1, -0.05) is 30.3 Å². The number of H-pyrrole nitrogens is 1. The van der Waals surface area contributed by atoms with E-state index in [-0.39, 0.29) is 5.78 Å². The summed E-state index contributed by atoms with van der Waals surface area (Å²) in [5.74, 6) is -0.0524. The largest absolute Gasteiger partial charge is 0.497 e. The zero-order valence-corrected chi connectivity index (χ0v) is 15.5. The number of fused-ring (bicyclic) bond motifs is 1. The molecule has 0 spiro atoms. The van der Waals surface area contributed by atoms with Gasteiger partial charge in [-0.2, -0.15) is 0 Å². The van der Waals surface area contributed by atoms with Gasteiger partial charge in [0.05, 0.1) is 7.11 Å². The Hall–Kier alpha value is -3.34. The molecule has 5 heteroatoms. The molecule has 1 aromatic heterocycles. The molecule has 1 atom stereocenters. The van der Waals surface area contributed by atoms with Gasteiger partial charge >= 0.3 is 5.97 Å². The third kappa shape index (κ3) is 4.08. The molecule has 27 heavy (non-hydrogen) atoms. The summed E-state index contributed by atoms with van der Waals surface area (Å²) in [6.45, 7) is 3.42. The van der Waals surface area contributed by atoms with Crippen LogP contribution in [0.2, 0.25) is 0 Å². The summed E-state index contributed by atoms with van der Waals surface area (Å²) in [7, 11) is 1.59. The summed E-state index contributed by atoms with van der Waals surface area (Å²) in [6.07, 6.45) is 2.07. The van der Waals surface area contributed by atoms with Crippen molar-refractivity contribution in [2.24, 2.45) is 0 Å². The van der Waals surface area contributed by atoms with E-state index in [4.69, 9.17) is 9.47 Å². The van der Waals surface area contributed by atoms with E-state index in [1.807, 2.05) is 43.3 Å². The highest BCUT2D eigenvalue weighted by Gasteiger charge is 2.23. The highest BCUT2D eigenvalue weighted by Crippen LogP contribution is 2.24. The number of nitrogens with one attached hydrogen (secondary N) is 1. The summed E-state index contributed by atoms with van der Waals surface area (Å²) in [5, 5.41) is 0.830. The standard InChI is InChI=1S/C22H21NO4/c1-14-21(18-6-4-5-7-19(18)23-14)22(25)15(2)27-20(24)13-10-16-8-11-17(26-3)12-9-16/h4-13,15,23H,1-3H3/b13-10+. The number of para-hydroxylation sites is 1. The smallest absolute Gasteiger partial charge is 0.331 e. The van der Waals surface area contributed by atoms with Crippen molar-refractivity contribution in [1.29, 1.82) is 0 Å². The number of methoxy groups -OCH3 is 1. The molecule has 0 radical (unpaired) electrons. The number of hydrogen-bond donors (Lipinski definition) is 1. The van der Waals surface area contributed by atoms with E-state index in [9.17, 15) is 9.59 Å². The van der Waals surface area contributed by atoms with Gasteiger partial charge in [-0.05, 0) is 43.7 Å². The molecule has 0 saturated carbocycles. The van der Waals surface area contributed by atoms with E-state index in [0.29, 0.717) is 5.56 Å². The van der Waals surface area contributed by atoms with Gasteiger partial charge < -0.3 is 14.5 Å². The van der Waals surface area contributed by atoms with Gasteiger partial charge in [-0.25, -0.2) is 4.79 Å². The normalized spacial score (nSPS) is 12.3. The lowest BCUT2D eigenvalue weighted by molar-refractivity contribution is -0.140. The fourth-order valence-corrected chi connectivity index (χ4v) is 2.94. The minimum Gasteiger partial charge on any atom is -0.497 e. The summed E-state index contributed by atoms with van der Waals surface area (Å²) in [6, 6.07) is 14.8. The van der Waals surface area contributed by atoms with Gasteiger partial charge in [0.25, 0.3) is 0 Å². The number of hydrogen-bond acceptors (Lipinski definition) is 4. The third-order valence-corrected chi connectivity index (χ3v) is 4.33. The number of aryl methyl sites for hydroxylation is 1. The Morgan fingerprint density at radius 2 is 1.78 bits per heavy atom. The topological polar surface area (TPSA) is 68.4 Å². The Labute approximate surface area is 157 Å². The predicted molar refractivity (Wildman–Crippen MR) is 105 cm³/mol. The van der Waals surface area contributed by atoms with Crippen LogP contribution in [0.25, 0.3) is 17.0 Å². The number of aromatic amines is 1. The molecular formula is C22H21NO4. The molecular weight excluding hydrogens is 342 g/mol. The third-order valence-electron chi connectivity index (χ3n) is 4.33. The zero-order chi connectivity index (χ0) is 19.4. The van der Waals surface area contributed by atoms with E-state index in [1.165, 1.54) is 6.08 Å². The van der Waals surface area contributed by atoms with Crippen LogP contribution in [-0.2, 0) is 9.53 Å². The Morgan fingerprint density at radius 1 is 1.07 bits per heavy atom. The second kappa shape index (κ2) is 7.91. The average Bonchev–Trinajstić information content (AvgIpc) is 3.01. The van der Waals surface area contributed by atoms with Crippen LogP contribution in [-0.4, -0.2) is 30.0 Å². The van der Waals surface area contributed by atoms with E-state index in [0.717, 1.165) is 27.9 Å². The molecule has 0 aliphatic rings. The summed E-state index contributed by atoms with van der Waals surface area (Å²) in [5.41, 5.74) is 3.04. The maximum Gasteiger partial charge on any atom is 0.331 e. The molecule has 0 bridgehead atoms. The lowest BCUT2D eigenvalue weighted by Crippen LogP contribution is -2.24. The van der Waals surface area contributed by atoms with Crippen LogP contribution >= 0.6 is 0 Å². The second-order valence-electron chi connectivity index (χ2n) is 6.22. The minimum atomic E-state index is -0.879. The number of ketones is 1. The fraction of sp³-hybridized carbons (Fsp3) is 0.182. The van der Waals surface area contributed by atoms with Crippen LogP contribution in [0.5, 0.6) is 5.75 Å². The van der Waals surface area contributed by atoms with Gasteiger partial charge in [0.2, 0.25) is 5.78 Å². The lowest BCUT2D eigenvalue weighted by Gasteiger charge is -2.11. The van der Waals surface area contributed by atoms with Crippen LogP contribution in [0.3, 0.4) is 0 Å². The number of ether oxygens (including phenoxy) is 2. The van der Waals surface area contributed by atoms with Crippen molar-refractivity contribution in [2.75, 3.05) is 7.11 Å². The van der Waals surface area contributed by atoms with E-state index < -0.39 is 12.1 Å². The molecule has 1 heterocycles. The lowest BCUT2D eigenvalue weighted by atomic mass is 10.0. The van der Waals surface area contributed by atoms with Gasteiger partial charge in [-0.15, -0.1) is 0 Å². The Kier molecular flexibility index (Phi) is 5.41. The summed E-state index contributed by atoms with van der Waals surface area (Å²) in [4.78, 5) is 28.1. The maximum atomic E-state index is 12.8. The van der Waals surface area contributed by atoms with Gasteiger partial charge in [0.1, 0.15) is 5.75 Å². The number of carbonyl (C=O) groups is 2. The molecule has 3 aromatic rings. The monoisotopic (exact) mass is 363 g/mol. The van der Waals surface area contributed by atoms with Crippen molar-refractivity contribution in [1.82, 2.24) is 4.98 Å². The quantitative estimate of drug-likeness (QED) is 0.402. The van der Waals surface area contributed by atoms with Crippen molar-refractivity contribution in [2.45, 2.75) is 20.0 Å². The number of aromatic nitrogens is 1. The van der Waals surface area contributed by atoms with Crippen molar-refractivity contribution < 1.29 is 19.1 Å². The van der Waals surface area contributed by atoms with E-state index in [1.54, 1.807) is 32.2 Å². The number of carbonyl (C=O) groups excluding carboxylic acids is 2. The molecule has 3 rings (SSSR count). The number of rotatable bonds is 6. The first kappa shape index (κ1) is 18.5. The van der Waals surface area contributed by atoms with Crippen LogP contribution in [0.15, 0.2) is 54.6 Å². The molecule has 0 amide bonds. The SMILES string of the molecule is COc1ccc(/C=C/C(=O)OC(C)C(=O)c2c(C)[nH]c3ccccc23)cc1. The molecule has 2 aromatic carbocycles.